The van der Waals surface area contributed by atoms with Gasteiger partial charge in [-0.2, -0.15) is 0 Å². The third kappa shape index (κ3) is 3.89. The average Bonchev–Trinajstić information content (AvgIpc) is 3.13. The number of hydrogen-bond donors (Lipinski definition) is 3. The van der Waals surface area contributed by atoms with Crippen LogP contribution in [0.3, 0.4) is 0 Å². The number of amides is 2. The van der Waals surface area contributed by atoms with Gasteiger partial charge in [0.1, 0.15) is 16.9 Å². The molecule has 1 aromatic heterocycles. The number of aromatic hydroxyl groups is 1. The summed E-state index contributed by atoms with van der Waals surface area (Å²) in [7, 11) is 0. The van der Waals surface area contributed by atoms with Crippen molar-refractivity contribution in [1.82, 2.24) is 10.2 Å². The highest BCUT2D eigenvalue weighted by atomic mass is 32.1. The normalized spacial score (nSPS) is 17.3. The molecule has 4 rings (SSSR count). The van der Waals surface area contributed by atoms with E-state index in [1.54, 1.807) is 17.9 Å². The van der Waals surface area contributed by atoms with Crippen molar-refractivity contribution >= 4 is 34.0 Å². The number of nitrogens with one attached hydrogen (secondary N) is 2. The van der Waals surface area contributed by atoms with Gasteiger partial charge in [0.05, 0.1) is 18.7 Å². The van der Waals surface area contributed by atoms with E-state index in [1.165, 1.54) is 11.3 Å². The molecule has 2 aromatic rings. The van der Waals surface area contributed by atoms with E-state index in [-0.39, 0.29) is 17.7 Å². The Morgan fingerprint density at radius 2 is 2.06 bits per heavy atom. The fourth-order valence-electron chi connectivity index (χ4n) is 4.20. The maximum atomic E-state index is 13.0. The highest BCUT2D eigenvalue weighted by Crippen LogP contribution is 2.42. The van der Waals surface area contributed by atoms with Crippen molar-refractivity contribution in [3.63, 3.8) is 0 Å². The minimum absolute atomic E-state index is 0.139. The molecule has 3 heterocycles. The fraction of sp³-hybridized carbons (Fsp3) is 0.455. The van der Waals surface area contributed by atoms with Crippen molar-refractivity contribution in [3.8, 4) is 5.75 Å². The first-order valence-electron chi connectivity index (χ1n) is 10.7. The minimum Gasteiger partial charge on any atom is -0.507 e. The summed E-state index contributed by atoms with van der Waals surface area (Å²) in [5.74, 6) is -0.0199. The molecule has 2 aliphatic heterocycles. The summed E-state index contributed by atoms with van der Waals surface area (Å²) in [5, 5.41) is 17.8. The van der Waals surface area contributed by atoms with Crippen LogP contribution in [0.15, 0.2) is 18.2 Å². The number of fused-ring (bicyclic) bond motifs is 3. The van der Waals surface area contributed by atoms with Crippen molar-refractivity contribution < 1.29 is 19.4 Å². The number of anilines is 2. The van der Waals surface area contributed by atoms with E-state index in [1.807, 2.05) is 12.1 Å². The van der Waals surface area contributed by atoms with E-state index in [9.17, 15) is 14.7 Å². The van der Waals surface area contributed by atoms with Crippen molar-refractivity contribution in [2.24, 2.45) is 0 Å². The number of benzene rings is 1. The zero-order chi connectivity index (χ0) is 22.1. The van der Waals surface area contributed by atoms with Crippen LogP contribution in [0.2, 0.25) is 0 Å². The molecule has 8 nitrogen and oxygen atoms in total. The lowest BCUT2D eigenvalue weighted by Crippen LogP contribution is -2.39. The zero-order valence-corrected chi connectivity index (χ0v) is 18.8. The molecule has 1 aromatic carbocycles. The van der Waals surface area contributed by atoms with Gasteiger partial charge in [0.25, 0.3) is 5.91 Å². The Kier molecular flexibility index (Phi) is 5.95. The molecule has 0 saturated heterocycles. The lowest BCUT2D eigenvalue weighted by molar-refractivity contribution is 0.0934. The van der Waals surface area contributed by atoms with Crippen LogP contribution in [0.1, 0.15) is 53.3 Å². The fourth-order valence-corrected chi connectivity index (χ4v) is 5.49. The predicted molar refractivity (Wildman–Crippen MR) is 121 cm³/mol. The number of phenols is 1. The third-order valence-corrected chi connectivity index (χ3v) is 6.96. The van der Waals surface area contributed by atoms with Gasteiger partial charge in [-0.05, 0) is 44.9 Å². The number of thiophene rings is 1. The number of nitrogens with zero attached hydrogens (tertiary/aromatic N) is 2. The Bertz CT molecular complexity index is 1000. The molecular formula is C22H28N4O4S. The van der Waals surface area contributed by atoms with Gasteiger partial charge in [0.15, 0.2) is 0 Å². The molecule has 2 aliphatic rings. The Labute approximate surface area is 185 Å². The zero-order valence-electron chi connectivity index (χ0n) is 18.0. The quantitative estimate of drug-likeness (QED) is 0.652. The summed E-state index contributed by atoms with van der Waals surface area (Å²) in [6.07, 6.45) is -0.233. The highest BCUT2D eigenvalue weighted by molar-refractivity contribution is 7.16. The molecule has 0 spiro atoms. The second-order valence-electron chi connectivity index (χ2n) is 7.54. The van der Waals surface area contributed by atoms with E-state index in [0.29, 0.717) is 37.2 Å². The number of hydrogen-bond acceptors (Lipinski definition) is 7. The summed E-state index contributed by atoms with van der Waals surface area (Å²) in [6.45, 7) is 8.93. The largest absolute Gasteiger partial charge is 0.507 e. The first-order chi connectivity index (χ1) is 15.0. The van der Waals surface area contributed by atoms with Crippen molar-refractivity contribution in [2.75, 3.05) is 36.5 Å². The number of carbonyl (C=O) groups is 2. The third-order valence-electron chi connectivity index (χ3n) is 5.81. The lowest BCUT2D eigenvalue weighted by atomic mass is 10.00. The second kappa shape index (κ2) is 8.66. The van der Waals surface area contributed by atoms with Crippen LogP contribution < -0.4 is 15.5 Å². The average molecular weight is 445 g/mol. The summed E-state index contributed by atoms with van der Waals surface area (Å²) in [5.41, 5.74) is 3.21. The van der Waals surface area contributed by atoms with Gasteiger partial charge in [-0.25, -0.2) is 4.79 Å². The number of ether oxygens (including phenoxy) is 1. The maximum absolute atomic E-state index is 13.0. The van der Waals surface area contributed by atoms with Crippen LogP contribution in [0.4, 0.5) is 15.5 Å². The molecule has 0 bridgehead atoms. The number of rotatable bonds is 5. The topological polar surface area (TPSA) is 94.1 Å². The van der Waals surface area contributed by atoms with Crippen LogP contribution in [0, 0.1) is 0 Å². The van der Waals surface area contributed by atoms with E-state index < -0.39 is 6.17 Å². The predicted octanol–water partition coefficient (Wildman–Crippen LogP) is 3.67. The van der Waals surface area contributed by atoms with Crippen molar-refractivity contribution in [1.29, 1.82) is 0 Å². The number of phenolic OH excluding ortho intramolecular Hbond substituents is 1. The molecule has 0 aliphatic carbocycles. The van der Waals surface area contributed by atoms with Crippen LogP contribution >= 0.6 is 11.3 Å². The standard InChI is InChI=1S/C22H28N4O4S/c1-4-25(5-2)13-7-8-14(16(27)11-13)19-23-20(28)18-15-9-10-26(22(29)30-6-3)12-17(15)31-21(18)24-19/h7-8,11,19,24,27H,4-6,9-10,12H2,1-3H3,(H,23,28). The molecule has 9 heteroatoms. The Morgan fingerprint density at radius 1 is 1.29 bits per heavy atom. The highest BCUT2D eigenvalue weighted by Gasteiger charge is 2.35. The lowest BCUT2D eigenvalue weighted by Gasteiger charge is -2.29. The van der Waals surface area contributed by atoms with Crippen LogP contribution in [0.5, 0.6) is 5.75 Å². The molecule has 1 unspecified atom stereocenters. The van der Waals surface area contributed by atoms with Crippen LogP contribution in [-0.2, 0) is 17.7 Å². The first-order valence-corrected chi connectivity index (χ1v) is 11.5. The number of carbonyl (C=O) groups excluding carboxylic acids is 2. The summed E-state index contributed by atoms with van der Waals surface area (Å²) in [4.78, 5) is 29.9. The Balaban J connectivity index is 1.58. The Morgan fingerprint density at radius 3 is 2.74 bits per heavy atom. The van der Waals surface area contributed by atoms with Gasteiger partial charge in [0, 0.05) is 41.8 Å². The van der Waals surface area contributed by atoms with Gasteiger partial charge in [0.2, 0.25) is 0 Å². The molecule has 0 saturated carbocycles. The van der Waals surface area contributed by atoms with E-state index in [2.05, 4.69) is 29.4 Å². The van der Waals surface area contributed by atoms with Gasteiger partial charge >= 0.3 is 6.09 Å². The molecular weight excluding hydrogens is 416 g/mol. The maximum Gasteiger partial charge on any atom is 0.410 e. The molecule has 2 amide bonds. The monoisotopic (exact) mass is 444 g/mol. The second-order valence-corrected chi connectivity index (χ2v) is 8.65. The molecule has 31 heavy (non-hydrogen) atoms. The molecule has 1 atom stereocenters. The van der Waals surface area contributed by atoms with Crippen molar-refractivity contribution in [2.45, 2.75) is 39.9 Å². The van der Waals surface area contributed by atoms with Gasteiger partial charge in [-0.15, -0.1) is 11.3 Å². The van der Waals surface area contributed by atoms with Gasteiger partial charge in [-0.1, -0.05) is 0 Å². The van der Waals surface area contributed by atoms with E-state index in [4.69, 9.17) is 4.74 Å². The van der Waals surface area contributed by atoms with E-state index >= 15 is 0 Å². The molecule has 0 radical (unpaired) electrons. The smallest absolute Gasteiger partial charge is 0.410 e. The van der Waals surface area contributed by atoms with Gasteiger partial charge in [-0.3, -0.25) is 4.79 Å². The summed E-state index contributed by atoms with van der Waals surface area (Å²) >= 11 is 1.49. The van der Waals surface area contributed by atoms with Crippen molar-refractivity contribution in [3.05, 3.63) is 39.8 Å². The molecule has 0 fully saturated rings. The summed E-state index contributed by atoms with van der Waals surface area (Å²) in [6, 6.07) is 5.55. The van der Waals surface area contributed by atoms with Crippen LogP contribution in [-0.4, -0.2) is 48.2 Å². The van der Waals surface area contributed by atoms with Gasteiger partial charge < -0.3 is 30.3 Å². The summed E-state index contributed by atoms with van der Waals surface area (Å²) < 4.78 is 5.12. The molecule has 166 valence electrons. The molecule has 3 N–H and O–H groups in total. The SMILES string of the molecule is CCOC(=O)N1CCc2c(sc3c2C(=O)NC(c2ccc(N(CC)CC)cc2O)N3)C1. The van der Waals surface area contributed by atoms with Crippen LogP contribution in [0.25, 0.3) is 0 Å². The Hall–Kier alpha value is -2.94. The first kappa shape index (κ1) is 21.3. The van der Waals surface area contributed by atoms with E-state index in [0.717, 1.165) is 34.2 Å². The minimum atomic E-state index is -0.521.